The van der Waals surface area contributed by atoms with Gasteiger partial charge in [-0.15, -0.1) is 11.8 Å². The number of nitrogens with zero attached hydrogens (tertiary/aromatic N) is 1. The molecule has 0 aliphatic heterocycles. The summed E-state index contributed by atoms with van der Waals surface area (Å²) >= 11 is 7.57. The van der Waals surface area contributed by atoms with Crippen molar-refractivity contribution >= 4 is 34.3 Å². The molecule has 0 unspecified atom stereocenters. The molecule has 0 bridgehead atoms. The van der Waals surface area contributed by atoms with Gasteiger partial charge in [-0.1, -0.05) is 23.7 Å². The molecule has 3 nitrogen and oxygen atoms in total. The van der Waals surface area contributed by atoms with Crippen molar-refractivity contribution in [2.45, 2.75) is 4.90 Å². The number of nitrogens with one attached hydrogen (secondary N) is 1. The van der Waals surface area contributed by atoms with E-state index < -0.39 is 0 Å². The summed E-state index contributed by atoms with van der Waals surface area (Å²) < 4.78 is 0. The SMILES string of the molecule is CSc1ccc(-c2nc3ccc(Cl)cc3c(=O)[nH]2)cc1. The number of fused-ring (bicyclic) bond motifs is 1. The van der Waals surface area contributed by atoms with Crippen molar-refractivity contribution in [1.29, 1.82) is 0 Å². The molecule has 1 N–H and O–H groups in total. The second-order valence-corrected chi connectivity index (χ2v) is 5.62. The first-order valence-electron chi connectivity index (χ1n) is 6.01. The van der Waals surface area contributed by atoms with Gasteiger partial charge in [-0.05, 0) is 36.6 Å². The average molecular weight is 303 g/mol. The largest absolute Gasteiger partial charge is 0.306 e. The molecule has 0 amide bonds. The van der Waals surface area contributed by atoms with Crippen LogP contribution in [-0.2, 0) is 0 Å². The summed E-state index contributed by atoms with van der Waals surface area (Å²) in [6.07, 6.45) is 2.02. The minimum absolute atomic E-state index is 0.179. The molecular weight excluding hydrogens is 292 g/mol. The lowest BCUT2D eigenvalue weighted by Gasteiger charge is -2.04. The quantitative estimate of drug-likeness (QED) is 0.729. The highest BCUT2D eigenvalue weighted by molar-refractivity contribution is 7.98. The zero-order chi connectivity index (χ0) is 14.1. The molecule has 0 saturated heterocycles. The maximum absolute atomic E-state index is 12.1. The van der Waals surface area contributed by atoms with E-state index in [4.69, 9.17) is 11.6 Å². The molecule has 0 radical (unpaired) electrons. The van der Waals surface area contributed by atoms with Crippen LogP contribution in [0.3, 0.4) is 0 Å². The van der Waals surface area contributed by atoms with Crippen molar-refractivity contribution in [2.24, 2.45) is 0 Å². The summed E-state index contributed by atoms with van der Waals surface area (Å²) in [5, 5.41) is 1.03. The minimum atomic E-state index is -0.179. The fourth-order valence-electron chi connectivity index (χ4n) is 2.00. The number of aromatic nitrogens is 2. The molecule has 0 aliphatic carbocycles. The number of rotatable bonds is 2. The van der Waals surface area contributed by atoms with Crippen molar-refractivity contribution in [2.75, 3.05) is 6.26 Å². The summed E-state index contributed by atoms with van der Waals surface area (Å²) in [6.45, 7) is 0. The second-order valence-electron chi connectivity index (χ2n) is 4.30. The number of halogens is 1. The molecular formula is C15H11ClN2OS. The van der Waals surface area contributed by atoms with E-state index >= 15 is 0 Å². The third kappa shape index (κ3) is 2.44. The monoisotopic (exact) mass is 302 g/mol. The summed E-state index contributed by atoms with van der Waals surface area (Å²) in [5.74, 6) is 0.567. The highest BCUT2D eigenvalue weighted by Crippen LogP contribution is 2.21. The van der Waals surface area contributed by atoms with Gasteiger partial charge >= 0.3 is 0 Å². The number of hydrogen-bond acceptors (Lipinski definition) is 3. The Morgan fingerprint density at radius 3 is 2.60 bits per heavy atom. The van der Waals surface area contributed by atoms with Crippen molar-refractivity contribution in [3.05, 3.63) is 57.8 Å². The molecule has 2 aromatic carbocycles. The number of aromatic amines is 1. The second kappa shape index (κ2) is 5.31. The minimum Gasteiger partial charge on any atom is -0.306 e. The zero-order valence-corrected chi connectivity index (χ0v) is 12.3. The van der Waals surface area contributed by atoms with Crippen LogP contribution in [0.5, 0.6) is 0 Å². The molecule has 3 aromatic rings. The van der Waals surface area contributed by atoms with Crippen molar-refractivity contribution in [1.82, 2.24) is 9.97 Å². The van der Waals surface area contributed by atoms with Crippen LogP contribution < -0.4 is 5.56 Å². The molecule has 20 heavy (non-hydrogen) atoms. The van der Waals surface area contributed by atoms with E-state index in [1.54, 1.807) is 30.0 Å². The van der Waals surface area contributed by atoms with E-state index in [0.29, 0.717) is 21.7 Å². The van der Waals surface area contributed by atoms with Crippen molar-refractivity contribution in [3.63, 3.8) is 0 Å². The maximum Gasteiger partial charge on any atom is 0.259 e. The average Bonchev–Trinajstić information content (AvgIpc) is 2.48. The Hall–Kier alpha value is -1.78. The third-order valence-corrected chi connectivity index (χ3v) is 4.01. The predicted molar refractivity (Wildman–Crippen MR) is 84.6 cm³/mol. The van der Waals surface area contributed by atoms with E-state index in [2.05, 4.69) is 9.97 Å². The lowest BCUT2D eigenvalue weighted by Crippen LogP contribution is -2.09. The Balaban J connectivity index is 2.16. The molecule has 3 rings (SSSR count). The van der Waals surface area contributed by atoms with Crippen LogP contribution in [0.15, 0.2) is 52.2 Å². The van der Waals surface area contributed by atoms with E-state index in [1.807, 2.05) is 30.5 Å². The molecule has 1 heterocycles. The van der Waals surface area contributed by atoms with Gasteiger partial charge in [0.25, 0.3) is 5.56 Å². The van der Waals surface area contributed by atoms with Crippen LogP contribution in [0.25, 0.3) is 22.3 Å². The number of hydrogen-bond donors (Lipinski definition) is 1. The van der Waals surface area contributed by atoms with E-state index in [0.717, 1.165) is 5.56 Å². The lowest BCUT2D eigenvalue weighted by molar-refractivity contribution is 1.18. The van der Waals surface area contributed by atoms with Crippen LogP contribution in [0.2, 0.25) is 5.02 Å². The Morgan fingerprint density at radius 1 is 1.15 bits per heavy atom. The van der Waals surface area contributed by atoms with Gasteiger partial charge in [-0.25, -0.2) is 4.98 Å². The van der Waals surface area contributed by atoms with Crippen LogP contribution in [-0.4, -0.2) is 16.2 Å². The smallest absolute Gasteiger partial charge is 0.259 e. The van der Waals surface area contributed by atoms with Gasteiger partial charge < -0.3 is 4.98 Å². The van der Waals surface area contributed by atoms with Crippen molar-refractivity contribution < 1.29 is 0 Å². The summed E-state index contributed by atoms with van der Waals surface area (Å²) in [6, 6.07) is 13.0. The third-order valence-electron chi connectivity index (χ3n) is 3.03. The van der Waals surface area contributed by atoms with Crippen LogP contribution in [0.4, 0.5) is 0 Å². The Labute approximate surface area is 125 Å². The van der Waals surface area contributed by atoms with E-state index in [9.17, 15) is 4.79 Å². The molecule has 1 aromatic heterocycles. The Morgan fingerprint density at radius 2 is 1.90 bits per heavy atom. The Kier molecular flexibility index (Phi) is 3.51. The number of thioether (sulfide) groups is 1. The Bertz CT molecular complexity index is 827. The fraction of sp³-hybridized carbons (Fsp3) is 0.0667. The lowest BCUT2D eigenvalue weighted by atomic mass is 10.2. The molecule has 100 valence electrons. The highest BCUT2D eigenvalue weighted by Gasteiger charge is 2.06. The number of H-pyrrole nitrogens is 1. The van der Waals surface area contributed by atoms with E-state index in [-0.39, 0.29) is 5.56 Å². The maximum atomic E-state index is 12.1. The summed E-state index contributed by atoms with van der Waals surface area (Å²) in [7, 11) is 0. The van der Waals surface area contributed by atoms with Gasteiger partial charge in [0.2, 0.25) is 0 Å². The van der Waals surface area contributed by atoms with Gasteiger partial charge in [0, 0.05) is 15.5 Å². The zero-order valence-electron chi connectivity index (χ0n) is 10.7. The fourth-order valence-corrected chi connectivity index (χ4v) is 2.58. The van der Waals surface area contributed by atoms with Gasteiger partial charge in [-0.2, -0.15) is 0 Å². The first-order valence-corrected chi connectivity index (χ1v) is 7.61. The summed E-state index contributed by atoms with van der Waals surface area (Å²) in [5.41, 5.74) is 1.35. The van der Waals surface area contributed by atoms with Crippen molar-refractivity contribution in [3.8, 4) is 11.4 Å². The summed E-state index contributed by atoms with van der Waals surface area (Å²) in [4.78, 5) is 20.5. The predicted octanol–water partition coefficient (Wildman–Crippen LogP) is 3.97. The van der Waals surface area contributed by atoms with Gasteiger partial charge in [0.15, 0.2) is 0 Å². The van der Waals surface area contributed by atoms with E-state index in [1.165, 1.54) is 4.90 Å². The normalized spacial score (nSPS) is 10.9. The highest BCUT2D eigenvalue weighted by atomic mass is 35.5. The molecule has 0 fully saturated rings. The molecule has 0 spiro atoms. The standard InChI is InChI=1S/C15H11ClN2OS/c1-20-11-5-2-9(3-6-11)14-17-13-7-4-10(16)8-12(13)15(19)18-14/h2-8H,1H3,(H,17,18,19). The van der Waals surface area contributed by atoms with Gasteiger partial charge in [-0.3, -0.25) is 4.79 Å². The number of benzene rings is 2. The van der Waals surface area contributed by atoms with Gasteiger partial charge in [0.05, 0.1) is 10.9 Å². The van der Waals surface area contributed by atoms with Crippen LogP contribution in [0.1, 0.15) is 0 Å². The topological polar surface area (TPSA) is 45.8 Å². The first kappa shape index (κ1) is 13.2. The molecule has 0 atom stereocenters. The van der Waals surface area contributed by atoms with Crippen LogP contribution in [0, 0.1) is 0 Å². The first-order chi connectivity index (χ1) is 9.67. The molecule has 0 aliphatic rings. The van der Waals surface area contributed by atoms with Crippen LogP contribution >= 0.6 is 23.4 Å². The molecule has 5 heteroatoms. The van der Waals surface area contributed by atoms with Gasteiger partial charge in [0.1, 0.15) is 5.82 Å². The molecule has 0 saturated carbocycles.